The maximum atomic E-state index is 11.2. The molecule has 1 aliphatic carbocycles. The zero-order valence-corrected chi connectivity index (χ0v) is 10.6. The number of esters is 1. The molecule has 1 aliphatic rings. The van der Waals surface area contributed by atoms with Crippen LogP contribution in [-0.2, 0) is 16.0 Å². The van der Waals surface area contributed by atoms with Crippen LogP contribution in [0.2, 0.25) is 0 Å². The third kappa shape index (κ3) is 3.74. The van der Waals surface area contributed by atoms with Gasteiger partial charge < -0.3 is 15.2 Å². The molecule has 1 aromatic rings. The summed E-state index contributed by atoms with van der Waals surface area (Å²) in [4.78, 5) is 11.2. The second-order valence-electron chi connectivity index (χ2n) is 4.73. The van der Waals surface area contributed by atoms with Gasteiger partial charge in [-0.3, -0.25) is 4.79 Å². The number of rotatable bonds is 6. The first-order chi connectivity index (χ1) is 8.69. The number of carbonyl (C=O) groups is 1. The fourth-order valence-electron chi connectivity index (χ4n) is 1.71. The summed E-state index contributed by atoms with van der Waals surface area (Å²) in [7, 11) is 1.34. The molecule has 1 unspecified atom stereocenters. The van der Waals surface area contributed by atoms with E-state index < -0.39 is 6.04 Å². The van der Waals surface area contributed by atoms with E-state index in [4.69, 9.17) is 10.5 Å². The Balaban J connectivity index is 1.84. The van der Waals surface area contributed by atoms with E-state index in [1.165, 1.54) is 20.0 Å². The number of nitrogens with two attached hydrogens (primary N) is 1. The summed E-state index contributed by atoms with van der Waals surface area (Å²) < 4.78 is 10.2. The monoisotopic (exact) mass is 249 g/mol. The van der Waals surface area contributed by atoms with Crippen molar-refractivity contribution in [3.05, 3.63) is 29.8 Å². The fraction of sp³-hybridized carbons (Fsp3) is 0.500. The quantitative estimate of drug-likeness (QED) is 0.776. The minimum atomic E-state index is -0.603. The van der Waals surface area contributed by atoms with Crippen LogP contribution in [0.5, 0.6) is 5.75 Å². The van der Waals surface area contributed by atoms with Crippen molar-refractivity contribution in [1.82, 2.24) is 0 Å². The third-order valence-corrected chi connectivity index (χ3v) is 3.07. The molecule has 1 aromatic carbocycles. The smallest absolute Gasteiger partial charge is 0.322 e. The maximum Gasteiger partial charge on any atom is 0.322 e. The minimum Gasteiger partial charge on any atom is -0.493 e. The van der Waals surface area contributed by atoms with Crippen molar-refractivity contribution >= 4 is 5.97 Å². The largest absolute Gasteiger partial charge is 0.493 e. The predicted molar refractivity (Wildman–Crippen MR) is 68.4 cm³/mol. The van der Waals surface area contributed by atoms with Gasteiger partial charge in [-0.05, 0) is 42.9 Å². The summed E-state index contributed by atoms with van der Waals surface area (Å²) >= 11 is 0. The number of benzene rings is 1. The molecule has 0 aromatic heterocycles. The first-order valence-corrected chi connectivity index (χ1v) is 6.24. The molecule has 0 aliphatic heterocycles. The van der Waals surface area contributed by atoms with E-state index in [0.29, 0.717) is 6.42 Å². The molecular weight excluding hydrogens is 230 g/mol. The van der Waals surface area contributed by atoms with Crippen LogP contribution in [0.4, 0.5) is 0 Å². The van der Waals surface area contributed by atoms with E-state index in [2.05, 4.69) is 4.74 Å². The van der Waals surface area contributed by atoms with Gasteiger partial charge in [-0.2, -0.15) is 0 Å². The van der Waals surface area contributed by atoms with Crippen LogP contribution >= 0.6 is 0 Å². The molecule has 0 bridgehead atoms. The highest BCUT2D eigenvalue weighted by Gasteiger charge is 2.21. The van der Waals surface area contributed by atoms with Gasteiger partial charge >= 0.3 is 5.97 Å². The number of methoxy groups -OCH3 is 1. The van der Waals surface area contributed by atoms with Crippen molar-refractivity contribution in [3.63, 3.8) is 0 Å². The van der Waals surface area contributed by atoms with Gasteiger partial charge in [-0.15, -0.1) is 0 Å². The van der Waals surface area contributed by atoms with Crippen LogP contribution < -0.4 is 10.5 Å². The zero-order valence-electron chi connectivity index (χ0n) is 10.6. The Hall–Kier alpha value is -1.55. The van der Waals surface area contributed by atoms with Gasteiger partial charge in [-0.25, -0.2) is 0 Å². The van der Waals surface area contributed by atoms with Crippen molar-refractivity contribution in [2.45, 2.75) is 25.3 Å². The molecule has 18 heavy (non-hydrogen) atoms. The van der Waals surface area contributed by atoms with Crippen LogP contribution in [0.25, 0.3) is 0 Å². The molecule has 4 nitrogen and oxygen atoms in total. The van der Waals surface area contributed by atoms with E-state index >= 15 is 0 Å². The number of ether oxygens (including phenoxy) is 2. The summed E-state index contributed by atoms with van der Waals surface area (Å²) in [6, 6.07) is 7.10. The van der Waals surface area contributed by atoms with Gasteiger partial charge in [0.05, 0.1) is 13.7 Å². The summed E-state index contributed by atoms with van der Waals surface area (Å²) in [6.45, 7) is 0.807. The van der Waals surface area contributed by atoms with Crippen molar-refractivity contribution in [1.29, 1.82) is 0 Å². The van der Waals surface area contributed by atoms with Crippen LogP contribution in [0.15, 0.2) is 24.3 Å². The molecule has 2 N–H and O–H groups in total. The van der Waals surface area contributed by atoms with Gasteiger partial charge in [0.25, 0.3) is 0 Å². The van der Waals surface area contributed by atoms with E-state index in [-0.39, 0.29) is 5.97 Å². The molecule has 0 radical (unpaired) electrons. The number of hydrogen-bond acceptors (Lipinski definition) is 4. The third-order valence-electron chi connectivity index (χ3n) is 3.07. The maximum absolute atomic E-state index is 11.2. The standard InChI is InChI=1S/C14H19NO3/c1-17-14(16)13(15)8-10-4-6-12(7-5-10)18-9-11-2-3-11/h4-7,11,13H,2-3,8-9,15H2,1H3. The first kappa shape index (κ1) is 12.9. The zero-order chi connectivity index (χ0) is 13.0. The molecule has 98 valence electrons. The van der Waals surface area contributed by atoms with Crippen molar-refractivity contribution in [2.75, 3.05) is 13.7 Å². The Morgan fingerprint density at radius 1 is 1.39 bits per heavy atom. The fourth-order valence-corrected chi connectivity index (χ4v) is 1.71. The molecule has 4 heteroatoms. The highest BCUT2D eigenvalue weighted by molar-refractivity contribution is 5.75. The Morgan fingerprint density at radius 2 is 2.06 bits per heavy atom. The molecule has 2 rings (SSSR count). The Labute approximate surface area is 107 Å². The average Bonchev–Trinajstić information content (AvgIpc) is 3.21. The SMILES string of the molecule is COC(=O)C(N)Cc1ccc(OCC2CC2)cc1. The molecule has 0 amide bonds. The lowest BCUT2D eigenvalue weighted by molar-refractivity contribution is -0.142. The average molecular weight is 249 g/mol. The van der Waals surface area contributed by atoms with Gasteiger partial charge in [0.15, 0.2) is 0 Å². The highest BCUT2D eigenvalue weighted by atomic mass is 16.5. The lowest BCUT2D eigenvalue weighted by Crippen LogP contribution is -2.33. The van der Waals surface area contributed by atoms with Crippen LogP contribution in [0.1, 0.15) is 18.4 Å². The predicted octanol–water partition coefficient (Wildman–Crippen LogP) is 1.52. The number of carbonyl (C=O) groups excluding carboxylic acids is 1. The van der Waals surface area contributed by atoms with E-state index in [0.717, 1.165) is 23.8 Å². The van der Waals surface area contributed by atoms with Crippen molar-refractivity contribution in [2.24, 2.45) is 11.7 Å². The lowest BCUT2D eigenvalue weighted by Gasteiger charge is -2.10. The highest BCUT2D eigenvalue weighted by Crippen LogP contribution is 2.29. The summed E-state index contributed by atoms with van der Waals surface area (Å²) in [5.41, 5.74) is 6.70. The number of hydrogen-bond donors (Lipinski definition) is 1. The second-order valence-corrected chi connectivity index (χ2v) is 4.73. The lowest BCUT2D eigenvalue weighted by atomic mass is 10.1. The summed E-state index contributed by atoms with van der Waals surface area (Å²) in [5, 5.41) is 0. The molecule has 0 heterocycles. The van der Waals surface area contributed by atoms with Gasteiger partial charge in [-0.1, -0.05) is 12.1 Å². The molecule has 1 saturated carbocycles. The topological polar surface area (TPSA) is 61.5 Å². The van der Waals surface area contributed by atoms with Gasteiger partial charge in [0.2, 0.25) is 0 Å². The Morgan fingerprint density at radius 3 is 2.61 bits per heavy atom. The first-order valence-electron chi connectivity index (χ1n) is 6.24. The van der Waals surface area contributed by atoms with Crippen LogP contribution in [0.3, 0.4) is 0 Å². The van der Waals surface area contributed by atoms with E-state index in [9.17, 15) is 4.79 Å². The molecule has 0 saturated heterocycles. The normalized spacial score (nSPS) is 16.1. The van der Waals surface area contributed by atoms with Crippen LogP contribution in [-0.4, -0.2) is 25.7 Å². The van der Waals surface area contributed by atoms with E-state index in [1.807, 2.05) is 24.3 Å². The second kappa shape index (κ2) is 5.87. The summed E-state index contributed by atoms with van der Waals surface area (Å²) in [6.07, 6.45) is 3.05. The Bertz CT molecular complexity index is 398. The van der Waals surface area contributed by atoms with Gasteiger partial charge in [0, 0.05) is 0 Å². The molecular formula is C14H19NO3. The minimum absolute atomic E-state index is 0.385. The van der Waals surface area contributed by atoms with E-state index in [1.54, 1.807) is 0 Å². The van der Waals surface area contributed by atoms with Crippen molar-refractivity contribution < 1.29 is 14.3 Å². The molecule has 1 atom stereocenters. The van der Waals surface area contributed by atoms with Crippen molar-refractivity contribution in [3.8, 4) is 5.75 Å². The Kier molecular flexibility index (Phi) is 4.20. The van der Waals surface area contributed by atoms with Gasteiger partial charge in [0.1, 0.15) is 11.8 Å². The molecule has 0 spiro atoms. The molecule has 1 fully saturated rings. The van der Waals surface area contributed by atoms with Crippen LogP contribution in [0, 0.1) is 5.92 Å². The summed E-state index contributed by atoms with van der Waals surface area (Å²) in [5.74, 6) is 1.23.